The normalized spacial score (nSPS) is 1.00. The predicted octanol–water partition coefficient (Wildman–Crippen LogP) is -2.87. The van der Waals surface area contributed by atoms with Crippen LogP contribution < -0.4 is 0 Å². The molecule has 4 nitrogen and oxygen atoms in total. The van der Waals surface area contributed by atoms with Gasteiger partial charge in [0.05, 0.1) is 0 Å². The van der Waals surface area contributed by atoms with Gasteiger partial charge in [-0.1, -0.05) is 0 Å². The maximum Gasteiger partial charge on any atom is 0.0319 e. The molecule has 0 heterocycles. The molecule has 0 aromatic heterocycles. The Bertz CT molecular complexity index is 7.51. The summed E-state index contributed by atoms with van der Waals surface area (Å²) >= 11 is 0. The summed E-state index contributed by atoms with van der Waals surface area (Å²) in [6.07, 6.45) is 0. The summed E-state index contributed by atoms with van der Waals surface area (Å²) in [4.78, 5) is 0. The molecule has 0 spiro atoms. The van der Waals surface area contributed by atoms with Gasteiger partial charge in [-0.3, -0.25) is 0 Å². The Hall–Kier alpha value is 0.723. The van der Waals surface area contributed by atoms with Crippen LogP contribution in [0.25, 0.3) is 0 Å². The first kappa shape index (κ1) is 74.2. The fraction of sp³-hybridized carbons (Fsp3) is 1.00. The third kappa shape index (κ3) is 125. The molecule has 5 heteroatoms. The van der Waals surface area contributed by atoms with Gasteiger partial charge in [-0.05, 0) is 0 Å². The number of hydrogen-bond acceptors (Lipinski definition) is 1. The molecule has 0 aliphatic rings. The van der Waals surface area contributed by atoms with Crippen LogP contribution in [0.1, 0.15) is 0 Å². The van der Waals surface area contributed by atoms with Crippen molar-refractivity contribution in [2.24, 2.45) is 0 Å². The first-order valence-electron chi connectivity index (χ1n) is 0.447. The standard InChI is InChI=1S/CH4O.3H2O.Zr/c1-2;;;;/h2H,1H3;3*1H2;. The van der Waals surface area contributed by atoms with E-state index in [4.69, 9.17) is 5.11 Å². The van der Waals surface area contributed by atoms with Gasteiger partial charge < -0.3 is 21.5 Å². The van der Waals surface area contributed by atoms with Crippen molar-refractivity contribution in [1.82, 2.24) is 0 Å². The van der Waals surface area contributed by atoms with Crippen LogP contribution in [0.15, 0.2) is 0 Å². The molecule has 6 heavy (non-hydrogen) atoms. The zero-order valence-corrected chi connectivity index (χ0v) is 5.91. The maximum absolute atomic E-state index is 7.00. The van der Waals surface area contributed by atoms with Gasteiger partial charge in [0.15, 0.2) is 0 Å². The molecule has 0 fully saturated rings. The van der Waals surface area contributed by atoms with Crippen LogP contribution >= 0.6 is 0 Å². The third-order valence-electron chi connectivity index (χ3n) is 0. The number of rotatable bonds is 0. The van der Waals surface area contributed by atoms with Gasteiger partial charge >= 0.3 is 0 Å². The molecule has 0 aromatic rings. The molecule has 0 atom stereocenters. The molecule has 0 aliphatic heterocycles. The number of aliphatic hydroxyl groups is 1. The van der Waals surface area contributed by atoms with E-state index in [-0.39, 0.29) is 42.6 Å². The second-order valence-corrected chi connectivity index (χ2v) is 0. The second-order valence-electron chi connectivity index (χ2n) is 0. The van der Waals surface area contributed by atoms with Crippen LogP contribution in [0, 0.1) is 0 Å². The molecule has 0 saturated heterocycles. The summed E-state index contributed by atoms with van der Waals surface area (Å²) in [6, 6.07) is 0. The molecular weight excluding hydrogens is 167 g/mol. The van der Waals surface area contributed by atoms with Crippen molar-refractivity contribution in [3.05, 3.63) is 0 Å². The summed E-state index contributed by atoms with van der Waals surface area (Å²) < 4.78 is 0. The fourth-order valence-electron chi connectivity index (χ4n) is 0. The third-order valence-corrected chi connectivity index (χ3v) is 0. The quantitative estimate of drug-likeness (QED) is 0.421. The maximum atomic E-state index is 7.00. The van der Waals surface area contributed by atoms with Crippen LogP contribution in [-0.2, 0) is 26.2 Å². The van der Waals surface area contributed by atoms with E-state index >= 15 is 0 Å². The Kier molecular flexibility index (Phi) is 3020. The SMILES string of the molecule is CO.O.O.O.[Zr]. The minimum absolute atomic E-state index is 0. The van der Waals surface area contributed by atoms with Crippen molar-refractivity contribution < 1.29 is 47.7 Å². The van der Waals surface area contributed by atoms with Gasteiger partial charge in [-0.2, -0.15) is 0 Å². The van der Waals surface area contributed by atoms with Gasteiger partial charge in [0, 0.05) is 33.3 Å². The average molecular weight is 177 g/mol. The molecular formula is CH10O4Zr. The van der Waals surface area contributed by atoms with E-state index in [1.165, 1.54) is 0 Å². The minimum atomic E-state index is 0. The van der Waals surface area contributed by atoms with E-state index in [9.17, 15) is 0 Å². The Labute approximate surface area is 55.2 Å². The molecule has 0 radical (unpaired) electrons. The van der Waals surface area contributed by atoms with Crippen LogP contribution in [-0.4, -0.2) is 28.6 Å². The molecule has 0 rings (SSSR count). The summed E-state index contributed by atoms with van der Waals surface area (Å²) in [7, 11) is 1.00. The topological polar surface area (TPSA) is 115 Å². The molecule has 0 amide bonds. The van der Waals surface area contributed by atoms with Crippen LogP contribution in [0.2, 0.25) is 0 Å². The first-order chi connectivity index (χ1) is 1.00. The second kappa shape index (κ2) is 244. The number of aliphatic hydroxyl groups excluding tert-OH is 1. The van der Waals surface area contributed by atoms with Crippen molar-refractivity contribution in [3.63, 3.8) is 0 Å². The first-order valence-corrected chi connectivity index (χ1v) is 0.447. The van der Waals surface area contributed by atoms with E-state index in [2.05, 4.69) is 0 Å². The predicted molar refractivity (Wildman–Crippen MR) is 19.0 cm³/mol. The average Bonchev–Trinajstić information content (AvgIpc) is 1.00. The summed E-state index contributed by atoms with van der Waals surface area (Å²) in [5.41, 5.74) is 0. The largest absolute Gasteiger partial charge is 0.412 e. The summed E-state index contributed by atoms with van der Waals surface area (Å²) in [6.45, 7) is 0. The molecule has 42 valence electrons. The van der Waals surface area contributed by atoms with Gasteiger partial charge in [0.1, 0.15) is 0 Å². The van der Waals surface area contributed by atoms with E-state index in [1.807, 2.05) is 0 Å². The molecule has 0 aliphatic carbocycles. The van der Waals surface area contributed by atoms with Crippen LogP contribution in [0.3, 0.4) is 0 Å². The van der Waals surface area contributed by atoms with Crippen molar-refractivity contribution >= 4 is 0 Å². The van der Waals surface area contributed by atoms with E-state index < -0.39 is 0 Å². The Morgan fingerprint density at radius 1 is 0.833 bits per heavy atom. The van der Waals surface area contributed by atoms with Gasteiger partial charge in [0.25, 0.3) is 0 Å². The van der Waals surface area contributed by atoms with E-state index in [1.54, 1.807) is 0 Å². The van der Waals surface area contributed by atoms with Crippen molar-refractivity contribution in [3.8, 4) is 0 Å². The summed E-state index contributed by atoms with van der Waals surface area (Å²) in [5, 5.41) is 7.00. The molecule has 0 aromatic carbocycles. The zero-order chi connectivity index (χ0) is 2.00. The van der Waals surface area contributed by atoms with Gasteiger partial charge in [0.2, 0.25) is 0 Å². The Morgan fingerprint density at radius 2 is 0.833 bits per heavy atom. The van der Waals surface area contributed by atoms with Crippen molar-refractivity contribution in [1.29, 1.82) is 0 Å². The molecule has 7 N–H and O–H groups in total. The monoisotopic (exact) mass is 176 g/mol. The van der Waals surface area contributed by atoms with Gasteiger partial charge in [-0.15, -0.1) is 0 Å². The number of hydrogen-bond donors (Lipinski definition) is 1. The minimum Gasteiger partial charge on any atom is -0.412 e. The molecule has 0 saturated carbocycles. The van der Waals surface area contributed by atoms with Crippen molar-refractivity contribution in [2.75, 3.05) is 7.11 Å². The summed E-state index contributed by atoms with van der Waals surface area (Å²) in [5.74, 6) is 0. The van der Waals surface area contributed by atoms with E-state index in [0.29, 0.717) is 0 Å². The van der Waals surface area contributed by atoms with Crippen molar-refractivity contribution in [2.45, 2.75) is 0 Å². The smallest absolute Gasteiger partial charge is 0.0319 e. The van der Waals surface area contributed by atoms with Gasteiger partial charge in [-0.25, -0.2) is 0 Å². The van der Waals surface area contributed by atoms with E-state index in [0.717, 1.165) is 7.11 Å². The zero-order valence-electron chi connectivity index (χ0n) is 3.45. The van der Waals surface area contributed by atoms with Crippen LogP contribution in [0.5, 0.6) is 0 Å². The Morgan fingerprint density at radius 3 is 0.833 bits per heavy atom. The molecule has 0 bridgehead atoms. The molecule has 0 unspecified atom stereocenters. The Balaban J connectivity index is -0.000000000833. The van der Waals surface area contributed by atoms with Crippen LogP contribution in [0.4, 0.5) is 0 Å². The fourth-order valence-corrected chi connectivity index (χ4v) is 0.